The summed E-state index contributed by atoms with van der Waals surface area (Å²) in [5.41, 5.74) is 7.17. The van der Waals surface area contributed by atoms with Gasteiger partial charge in [-0.15, -0.1) is 0 Å². The number of hydrogen-bond acceptors (Lipinski definition) is 3. The van der Waals surface area contributed by atoms with Gasteiger partial charge >= 0.3 is 0 Å². The van der Waals surface area contributed by atoms with Crippen LogP contribution < -0.4 is 10.2 Å². The Labute approximate surface area is 152 Å². The number of anilines is 2. The number of benzene rings is 2. The molecule has 0 bridgehead atoms. The Hall–Kier alpha value is -2.53. The smallest absolute Gasteiger partial charge is 0.178 e. The molecule has 2 aromatic carbocycles. The van der Waals surface area contributed by atoms with Gasteiger partial charge in [0.1, 0.15) is 0 Å². The number of nitrogens with one attached hydrogen (secondary N) is 1. The third-order valence-corrected chi connectivity index (χ3v) is 5.05. The number of aromatic nitrogens is 2. The average Bonchev–Trinajstić information content (AvgIpc) is 2.92. The molecule has 0 fully saturated rings. The molecule has 2 heterocycles. The predicted octanol–water partition coefficient (Wildman–Crippen LogP) is 4.39. The topological polar surface area (TPSA) is 41.1 Å². The maximum atomic E-state index is 5.70. The average molecular weight is 348 g/mol. The highest BCUT2D eigenvalue weighted by Gasteiger charge is 2.28. The van der Waals surface area contributed by atoms with E-state index in [2.05, 4.69) is 51.4 Å². The number of aryl methyl sites for hydroxylation is 2. The molecule has 4 nitrogen and oxygen atoms in total. The van der Waals surface area contributed by atoms with Gasteiger partial charge in [-0.1, -0.05) is 18.2 Å². The van der Waals surface area contributed by atoms with Gasteiger partial charge in [0.15, 0.2) is 5.11 Å². The summed E-state index contributed by atoms with van der Waals surface area (Å²) in [7, 11) is 0. The van der Waals surface area contributed by atoms with E-state index in [1.54, 1.807) is 0 Å². The van der Waals surface area contributed by atoms with Crippen molar-refractivity contribution in [1.29, 1.82) is 0 Å². The molecule has 0 amide bonds. The zero-order valence-corrected chi connectivity index (χ0v) is 15.4. The van der Waals surface area contributed by atoms with E-state index in [0.717, 1.165) is 34.5 Å². The number of rotatable bonds is 1. The summed E-state index contributed by atoms with van der Waals surface area (Å²) in [6.45, 7) is 6.16. The van der Waals surface area contributed by atoms with Crippen LogP contribution in [0.5, 0.6) is 0 Å². The summed E-state index contributed by atoms with van der Waals surface area (Å²) < 4.78 is 0. The van der Waals surface area contributed by atoms with Crippen molar-refractivity contribution in [2.24, 2.45) is 0 Å². The third-order valence-electron chi connectivity index (χ3n) is 4.75. The summed E-state index contributed by atoms with van der Waals surface area (Å²) in [5, 5.41) is 4.09. The lowest BCUT2D eigenvalue weighted by molar-refractivity contribution is 0.776. The van der Waals surface area contributed by atoms with Gasteiger partial charge in [0.05, 0.1) is 22.4 Å². The Bertz CT molecular complexity index is 983. The molecule has 1 N–H and O–H groups in total. The van der Waals surface area contributed by atoms with Crippen LogP contribution >= 0.6 is 12.2 Å². The van der Waals surface area contributed by atoms with Crippen molar-refractivity contribution >= 4 is 39.7 Å². The molecule has 0 saturated heterocycles. The van der Waals surface area contributed by atoms with Crippen molar-refractivity contribution in [2.45, 2.75) is 33.2 Å². The van der Waals surface area contributed by atoms with E-state index in [-0.39, 0.29) is 0 Å². The zero-order valence-electron chi connectivity index (χ0n) is 14.6. The summed E-state index contributed by atoms with van der Waals surface area (Å²) in [6, 6.07) is 14.8. The normalized spacial score (nSPS) is 16.1. The number of thiocarbonyl (C=S) groups is 1. The lowest BCUT2D eigenvalue weighted by atomic mass is 10.1. The SMILES string of the molecule is Cc1nc2ccc(NC(=S)N3c4ccccc4C[C@@H]3C)cc2nc1C. The van der Waals surface area contributed by atoms with Gasteiger partial charge in [0.25, 0.3) is 0 Å². The number of nitrogens with zero attached hydrogens (tertiary/aromatic N) is 3. The molecule has 1 aliphatic heterocycles. The Balaban J connectivity index is 1.63. The first-order chi connectivity index (χ1) is 12.0. The monoisotopic (exact) mass is 348 g/mol. The summed E-state index contributed by atoms with van der Waals surface area (Å²) >= 11 is 5.70. The Morgan fingerprint density at radius 2 is 1.80 bits per heavy atom. The van der Waals surface area contributed by atoms with Crippen LogP contribution in [0.2, 0.25) is 0 Å². The molecule has 1 aliphatic rings. The molecule has 25 heavy (non-hydrogen) atoms. The second-order valence-corrected chi connectivity index (χ2v) is 6.97. The van der Waals surface area contributed by atoms with Crippen molar-refractivity contribution in [3.05, 3.63) is 59.4 Å². The van der Waals surface area contributed by atoms with Gasteiger partial charge in [0, 0.05) is 17.4 Å². The molecule has 0 unspecified atom stereocenters. The molecule has 0 spiro atoms. The van der Waals surface area contributed by atoms with E-state index < -0.39 is 0 Å². The van der Waals surface area contributed by atoms with Crippen molar-refractivity contribution in [3.63, 3.8) is 0 Å². The molecule has 3 aromatic rings. The van der Waals surface area contributed by atoms with Crippen LogP contribution in [0, 0.1) is 13.8 Å². The van der Waals surface area contributed by atoms with E-state index in [9.17, 15) is 0 Å². The highest BCUT2D eigenvalue weighted by atomic mass is 32.1. The second kappa shape index (κ2) is 6.08. The second-order valence-electron chi connectivity index (χ2n) is 6.58. The van der Waals surface area contributed by atoms with Crippen LogP contribution in [0.1, 0.15) is 23.9 Å². The first-order valence-electron chi connectivity index (χ1n) is 8.46. The number of fused-ring (bicyclic) bond motifs is 2. The van der Waals surface area contributed by atoms with Crippen molar-refractivity contribution in [3.8, 4) is 0 Å². The van der Waals surface area contributed by atoms with Gasteiger partial charge in [-0.3, -0.25) is 0 Å². The third kappa shape index (κ3) is 2.85. The minimum absolute atomic E-state index is 0.350. The fourth-order valence-corrected chi connectivity index (χ4v) is 3.76. The highest BCUT2D eigenvalue weighted by Crippen LogP contribution is 2.32. The predicted molar refractivity (Wildman–Crippen MR) is 107 cm³/mol. The molecule has 4 rings (SSSR count). The maximum Gasteiger partial charge on any atom is 0.178 e. The van der Waals surface area contributed by atoms with Crippen LogP contribution in [-0.2, 0) is 6.42 Å². The summed E-state index contributed by atoms with van der Waals surface area (Å²) in [6.07, 6.45) is 1.01. The fourth-order valence-electron chi connectivity index (χ4n) is 3.37. The lowest BCUT2D eigenvalue weighted by Gasteiger charge is -2.26. The number of para-hydroxylation sites is 1. The quantitative estimate of drug-likeness (QED) is 0.660. The molecule has 0 aliphatic carbocycles. The Morgan fingerprint density at radius 1 is 1.08 bits per heavy atom. The minimum Gasteiger partial charge on any atom is -0.332 e. The molecule has 5 heteroatoms. The van der Waals surface area contributed by atoms with Crippen LogP contribution in [0.3, 0.4) is 0 Å². The van der Waals surface area contributed by atoms with Crippen LogP contribution in [0.15, 0.2) is 42.5 Å². The van der Waals surface area contributed by atoms with E-state index in [4.69, 9.17) is 12.2 Å². The van der Waals surface area contributed by atoms with Gasteiger partial charge in [-0.05, 0) is 69.2 Å². The molecule has 126 valence electrons. The van der Waals surface area contributed by atoms with Gasteiger partial charge < -0.3 is 10.2 Å². The molecule has 0 radical (unpaired) electrons. The Kier molecular flexibility index (Phi) is 3.88. The molecule has 1 atom stereocenters. The van der Waals surface area contributed by atoms with E-state index in [1.807, 2.05) is 32.0 Å². The summed E-state index contributed by atoms with van der Waals surface area (Å²) in [5.74, 6) is 0. The maximum absolute atomic E-state index is 5.70. The molecule has 1 aromatic heterocycles. The van der Waals surface area contributed by atoms with Crippen molar-refractivity contribution < 1.29 is 0 Å². The van der Waals surface area contributed by atoms with E-state index >= 15 is 0 Å². The molecule has 0 saturated carbocycles. The Morgan fingerprint density at radius 3 is 2.60 bits per heavy atom. The largest absolute Gasteiger partial charge is 0.332 e. The lowest BCUT2D eigenvalue weighted by Crippen LogP contribution is -2.38. The molecular formula is C20H20N4S. The van der Waals surface area contributed by atoms with Crippen LogP contribution in [0.4, 0.5) is 11.4 Å². The minimum atomic E-state index is 0.350. The fraction of sp³-hybridized carbons (Fsp3) is 0.250. The molecular weight excluding hydrogens is 328 g/mol. The number of hydrogen-bond donors (Lipinski definition) is 1. The van der Waals surface area contributed by atoms with Gasteiger partial charge in [-0.2, -0.15) is 0 Å². The summed E-state index contributed by atoms with van der Waals surface area (Å²) in [4.78, 5) is 11.4. The van der Waals surface area contributed by atoms with Gasteiger partial charge in [-0.25, -0.2) is 9.97 Å². The van der Waals surface area contributed by atoms with E-state index in [1.165, 1.54) is 11.3 Å². The zero-order chi connectivity index (χ0) is 17.6. The van der Waals surface area contributed by atoms with E-state index in [0.29, 0.717) is 11.2 Å². The van der Waals surface area contributed by atoms with Crippen LogP contribution in [0.25, 0.3) is 11.0 Å². The first kappa shape index (κ1) is 16.0. The van der Waals surface area contributed by atoms with Crippen molar-refractivity contribution in [2.75, 3.05) is 10.2 Å². The standard InChI is InChI=1S/C20H20N4S/c1-12-10-15-6-4-5-7-19(15)24(12)20(25)23-16-8-9-17-18(11-16)22-14(3)13(2)21-17/h4-9,11-12H,10H2,1-3H3,(H,23,25)/t12-/m0/s1. The van der Waals surface area contributed by atoms with Gasteiger partial charge in [0.2, 0.25) is 0 Å². The van der Waals surface area contributed by atoms with Crippen molar-refractivity contribution in [1.82, 2.24) is 9.97 Å². The van der Waals surface area contributed by atoms with Crippen LogP contribution in [-0.4, -0.2) is 21.1 Å². The first-order valence-corrected chi connectivity index (χ1v) is 8.87. The highest BCUT2D eigenvalue weighted by molar-refractivity contribution is 7.80.